The van der Waals surface area contributed by atoms with Crippen molar-refractivity contribution in [2.75, 3.05) is 13.1 Å². The van der Waals surface area contributed by atoms with Crippen LogP contribution in [0.15, 0.2) is 23.2 Å². The Labute approximate surface area is 115 Å². The maximum Gasteiger partial charge on any atom is 0.273 e. The van der Waals surface area contributed by atoms with Gasteiger partial charge in [-0.1, -0.05) is 0 Å². The molecule has 0 aromatic carbocycles. The summed E-state index contributed by atoms with van der Waals surface area (Å²) in [5.41, 5.74) is 3.43. The van der Waals surface area contributed by atoms with Gasteiger partial charge >= 0.3 is 0 Å². The van der Waals surface area contributed by atoms with Crippen LogP contribution in [0.5, 0.6) is 0 Å². The van der Waals surface area contributed by atoms with Gasteiger partial charge in [-0.25, -0.2) is 4.98 Å². The van der Waals surface area contributed by atoms with E-state index in [2.05, 4.69) is 15.2 Å². The molecule has 1 saturated heterocycles. The minimum Gasteiger partial charge on any atom is -0.337 e. The molecule has 0 radical (unpaired) electrons. The van der Waals surface area contributed by atoms with E-state index in [1.54, 1.807) is 11.7 Å². The second kappa shape index (κ2) is 5.52. The molecule has 0 aliphatic carbocycles. The standard InChI is InChI=1S/C13H16N4OS/c18-13(12-8-19-9-14-12)17-5-1-2-10(7-17)6-11-3-4-15-16-11/h3-4,8-10H,1-2,5-7H2,(H,15,16)/t10-/m0/s1. The van der Waals surface area contributed by atoms with E-state index in [1.807, 2.05) is 16.3 Å². The number of nitrogens with one attached hydrogen (secondary N) is 1. The minimum absolute atomic E-state index is 0.0653. The first-order valence-corrected chi connectivity index (χ1v) is 7.43. The first kappa shape index (κ1) is 12.3. The van der Waals surface area contributed by atoms with Gasteiger partial charge in [0, 0.05) is 30.4 Å². The molecule has 1 aliphatic heterocycles. The number of H-pyrrole nitrogens is 1. The number of carbonyl (C=O) groups excluding carboxylic acids is 1. The van der Waals surface area contributed by atoms with E-state index in [9.17, 15) is 4.79 Å². The molecule has 1 fully saturated rings. The molecule has 3 rings (SSSR count). The average molecular weight is 276 g/mol. The predicted molar refractivity (Wildman–Crippen MR) is 73.0 cm³/mol. The van der Waals surface area contributed by atoms with E-state index in [0.717, 1.165) is 31.6 Å². The molecule has 2 aromatic heterocycles. The molecule has 100 valence electrons. The summed E-state index contributed by atoms with van der Waals surface area (Å²) in [4.78, 5) is 18.3. The monoisotopic (exact) mass is 276 g/mol. The molecule has 0 saturated carbocycles. The number of aromatic amines is 1. The van der Waals surface area contributed by atoms with Crippen LogP contribution in [0.2, 0.25) is 0 Å². The largest absolute Gasteiger partial charge is 0.337 e. The molecule has 0 bridgehead atoms. The van der Waals surface area contributed by atoms with Gasteiger partial charge in [0.05, 0.1) is 5.51 Å². The van der Waals surface area contributed by atoms with Crippen molar-refractivity contribution in [1.29, 1.82) is 0 Å². The lowest BCUT2D eigenvalue weighted by atomic mass is 9.93. The molecule has 0 spiro atoms. The third-order valence-corrected chi connectivity index (χ3v) is 4.11. The van der Waals surface area contributed by atoms with Crippen molar-refractivity contribution >= 4 is 17.2 Å². The van der Waals surface area contributed by atoms with E-state index in [-0.39, 0.29) is 5.91 Å². The van der Waals surface area contributed by atoms with Crippen molar-refractivity contribution in [3.63, 3.8) is 0 Å². The number of hydrogen-bond donors (Lipinski definition) is 1. The van der Waals surface area contributed by atoms with Crippen molar-refractivity contribution < 1.29 is 4.79 Å². The number of nitrogens with zero attached hydrogens (tertiary/aromatic N) is 3. The average Bonchev–Trinajstić information content (AvgIpc) is 3.11. The maximum absolute atomic E-state index is 12.3. The Morgan fingerprint density at radius 1 is 1.58 bits per heavy atom. The van der Waals surface area contributed by atoms with E-state index in [0.29, 0.717) is 11.6 Å². The summed E-state index contributed by atoms with van der Waals surface area (Å²) in [6.07, 6.45) is 4.96. The van der Waals surface area contributed by atoms with Crippen molar-refractivity contribution in [1.82, 2.24) is 20.1 Å². The summed E-state index contributed by atoms with van der Waals surface area (Å²) in [6, 6.07) is 2.00. The molecule has 1 N–H and O–H groups in total. The van der Waals surface area contributed by atoms with Crippen LogP contribution in [-0.4, -0.2) is 39.1 Å². The van der Waals surface area contributed by atoms with Gasteiger partial charge in [0.25, 0.3) is 5.91 Å². The van der Waals surface area contributed by atoms with Crippen LogP contribution in [0, 0.1) is 5.92 Å². The van der Waals surface area contributed by atoms with E-state index < -0.39 is 0 Å². The highest BCUT2D eigenvalue weighted by molar-refractivity contribution is 7.07. The molecule has 3 heterocycles. The number of rotatable bonds is 3. The van der Waals surface area contributed by atoms with Crippen molar-refractivity contribution in [2.45, 2.75) is 19.3 Å². The maximum atomic E-state index is 12.3. The van der Waals surface area contributed by atoms with Crippen molar-refractivity contribution in [3.05, 3.63) is 34.5 Å². The number of thiazole rings is 1. The number of carbonyl (C=O) groups is 1. The third-order valence-electron chi connectivity index (χ3n) is 3.52. The molecule has 1 amide bonds. The molecule has 2 aromatic rings. The highest BCUT2D eigenvalue weighted by Gasteiger charge is 2.25. The fraction of sp³-hybridized carbons (Fsp3) is 0.462. The highest BCUT2D eigenvalue weighted by Crippen LogP contribution is 2.21. The summed E-state index contributed by atoms with van der Waals surface area (Å²) < 4.78 is 0. The molecule has 5 nitrogen and oxygen atoms in total. The topological polar surface area (TPSA) is 61.9 Å². The van der Waals surface area contributed by atoms with Crippen LogP contribution < -0.4 is 0 Å². The summed E-state index contributed by atoms with van der Waals surface area (Å²) in [5, 5.41) is 8.78. The van der Waals surface area contributed by atoms with Crippen LogP contribution in [0.3, 0.4) is 0 Å². The predicted octanol–water partition coefficient (Wildman–Crippen LogP) is 1.96. The van der Waals surface area contributed by atoms with E-state index in [1.165, 1.54) is 17.8 Å². The Balaban J connectivity index is 1.63. The zero-order valence-corrected chi connectivity index (χ0v) is 11.4. The Hall–Kier alpha value is -1.69. The fourth-order valence-electron chi connectivity index (χ4n) is 2.61. The van der Waals surface area contributed by atoms with E-state index >= 15 is 0 Å². The van der Waals surface area contributed by atoms with Crippen LogP contribution in [0.25, 0.3) is 0 Å². The number of aromatic nitrogens is 3. The molecule has 1 aliphatic rings. The first-order chi connectivity index (χ1) is 9.33. The summed E-state index contributed by atoms with van der Waals surface area (Å²) in [7, 11) is 0. The lowest BCUT2D eigenvalue weighted by molar-refractivity contribution is 0.0667. The van der Waals surface area contributed by atoms with Crippen molar-refractivity contribution in [3.8, 4) is 0 Å². The Morgan fingerprint density at radius 3 is 3.26 bits per heavy atom. The number of amides is 1. The lowest BCUT2D eigenvalue weighted by Gasteiger charge is -2.32. The first-order valence-electron chi connectivity index (χ1n) is 6.48. The SMILES string of the molecule is O=C(c1cscn1)N1CCC[C@@H](Cc2ccn[nH]2)C1. The van der Waals surface area contributed by atoms with Crippen LogP contribution in [0.4, 0.5) is 0 Å². The van der Waals surface area contributed by atoms with Gasteiger partial charge in [0.1, 0.15) is 5.69 Å². The van der Waals surface area contributed by atoms with Crippen molar-refractivity contribution in [2.24, 2.45) is 5.92 Å². The number of likely N-dealkylation sites (tertiary alicyclic amines) is 1. The summed E-state index contributed by atoms with van der Waals surface area (Å²) >= 11 is 1.46. The minimum atomic E-state index is 0.0653. The Bertz CT molecular complexity index is 523. The Kier molecular flexibility index (Phi) is 3.59. The van der Waals surface area contributed by atoms with Gasteiger partial charge in [-0.05, 0) is 31.2 Å². The smallest absolute Gasteiger partial charge is 0.273 e. The lowest BCUT2D eigenvalue weighted by Crippen LogP contribution is -2.40. The zero-order chi connectivity index (χ0) is 13.1. The second-order valence-electron chi connectivity index (χ2n) is 4.92. The van der Waals surface area contributed by atoms with Gasteiger partial charge < -0.3 is 4.90 Å². The van der Waals surface area contributed by atoms with Crippen LogP contribution in [-0.2, 0) is 6.42 Å². The van der Waals surface area contributed by atoms with Crippen LogP contribution >= 0.6 is 11.3 Å². The van der Waals surface area contributed by atoms with Crippen LogP contribution in [0.1, 0.15) is 29.0 Å². The van der Waals surface area contributed by atoms with Gasteiger partial charge in [-0.15, -0.1) is 11.3 Å². The number of hydrogen-bond acceptors (Lipinski definition) is 4. The zero-order valence-electron chi connectivity index (χ0n) is 10.6. The molecule has 19 heavy (non-hydrogen) atoms. The molecule has 1 atom stereocenters. The molecule has 6 heteroatoms. The molecule has 0 unspecified atom stereocenters. The quantitative estimate of drug-likeness (QED) is 0.932. The normalized spacial score (nSPS) is 19.6. The molecular weight excluding hydrogens is 260 g/mol. The fourth-order valence-corrected chi connectivity index (χ4v) is 3.13. The summed E-state index contributed by atoms with van der Waals surface area (Å²) in [6.45, 7) is 1.66. The van der Waals surface area contributed by atoms with E-state index in [4.69, 9.17) is 0 Å². The number of piperidine rings is 1. The van der Waals surface area contributed by atoms with Gasteiger partial charge in [-0.2, -0.15) is 5.10 Å². The second-order valence-corrected chi connectivity index (χ2v) is 5.64. The van der Waals surface area contributed by atoms with Gasteiger partial charge in [0.15, 0.2) is 0 Å². The summed E-state index contributed by atoms with van der Waals surface area (Å²) in [5.74, 6) is 0.576. The molecular formula is C13H16N4OS. The van der Waals surface area contributed by atoms with Gasteiger partial charge in [0.2, 0.25) is 0 Å². The Morgan fingerprint density at radius 2 is 2.53 bits per heavy atom. The highest BCUT2D eigenvalue weighted by atomic mass is 32.1. The van der Waals surface area contributed by atoms with Gasteiger partial charge in [-0.3, -0.25) is 9.89 Å². The third kappa shape index (κ3) is 2.84.